The highest BCUT2D eigenvalue weighted by Crippen LogP contribution is 2.21. The van der Waals surface area contributed by atoms with Crippen LogP contribution in [0.25, 0.3) is 10.9 Å². The van der Waals surface area contributed by atoms with Gasteiger partial charge in [0.15, 0.2) is 0 Å². The molecule has 0 bridgehead atoms. The predicted octanol–water partition coefficient (Wildman–Crippen LogP) is 0.628. The molecule has 1 fully saturated rings. The first-order valence-electron chi connectivity index (χ1n) is 6.17. The Hall–Kier alpha value is -2.70. The number of amides is 1. The molecule has 0 radical (unpaired) electrons. The Morgan fingerprint density at radius 3 is 2.85 bits per heavy atom. The molecule has 2 aromatic rings. The Morgan fingerprint density at radius 2 is 2.15 bits per heavy atom. The van der Waals surface area contributed by atoms with Crippen molar-refractivity contribution < 1.29 is 14.7 Å². The Bertz CT molecular complexity index is 701. The van der Waals surface area contributed by atoms with Gasteiger partial charge in [0.25, 0.3) is 0 Å². The van der Waals surface area contributed by atoms with Crippen molar-refractivity contribution in [3.05, 3.63) is 30.1 Å². The van der Waals surface area contributed by atoms with Crippen molar-refractivity contribution >= 4 is 28.6 Å². The highest BCUT2D eigenvalue weighted by atomic mass is 16.4. The first kappa shape index (κ1) is 12.3. The highest BCUT2D eigenvalue weighted by Gasteiger charge is 2.23. The molecule has 7 heteroatoms. The van der Waals surface area contributed by atoms with Crippen LogP contribution >= 0.6 is 0 Å². The van der Waals surface area contributed by atoms with E-state index in [-0.39, 0.29) is 17.8 Å². The van der Waals surface area contributed by atoms with Crippen molar-refractivity contribution in [2.75, 3.05) is 11.9 Å². The number of nitrogens with zero attached hydrogens (tertiary/aromatic N) is 2. The second-order valence-electron chi connectivity index (χ2n) is 4.57. The highest BCUT2D eigenvalue weighted by molar-refractivity contribution is 5.93. The molecule has 102 valence electrons. The van der Waals surface area contributed by atoms with Crippen LogP contribution in [0.5, 0.6) is 0 Å². The van der Waals surface area contributed by atoms with Crippen molar-refractivity contribution in [2.45, 2.75) is 12.5 Å². The van der Waals surface area contributed by atoms with E-state index in [4.69, 9.17) is 5.11 Å². The second-order valence-corrected chi connectivity index (χ2v) is 4.57. The standard InChI is InChI=1S/C13H12N4O3/c18-10-5-7(6-14-10)15-11-8-3-1-2-4-9(8)16-12(17-11)13(19)20/h1-4,7H,5-6H2,(H,14,18)(H,19,20)(H,15,16,17). The van der Waals surface area contributed by atoms with Gasteiger partial charge < -0.3 is 15.7 Å². The number of carboxylic acids is 1. The molecule has 0 spiro atoms. The van der Waals surface area contributed by atoms with Gasteiger partial charge in [0, 0.05) is 18.4 Å². The van der Waals surface area contributed by atoms with Crippen LogP contribution in [0, 0.1) is 0 Å². The molecular formula is C13H12N4O3. The van der Waals surface area contributed by atoms with Crippen LogP contribution in [-0.4, -0.2) is 39.5 Å². The molecule has 1 aromatic carbocycles. The second kappa shape index (κ2) is 4.76. The number of hydrogen-bond donors (Lipinski definition) is 3. The quantitative estimate of drug-likeness (QED) is 0.757. The minimum atomic E-state index is -1.18. The summed E-state index contributed by atoms with van der Waals surface area (Å²) in [5, 5.41) is 15.6. The third kappa shape index (κ3) is 2.25. The lowest BCUT2D eigenvalue weighted by Gasteiger charge is -2.13. The fraction of sp³-hybridized carbons (Fsp3) is 0.231. The minimum Gasteiger partial charge on any atom is -0.475 e. The number of anilines is 1. The molecule has 1 unspecified atom stereocenters. The van der Waals surface area contributed by atoms with E-state index in [1.54, 1.807) is 12.1 Å². The molecule has 2 heterocycles. The van der Waals surface area contributed by atoms with Gasteiger partial charge in [0.1, 0.15) is 5.82 Å². The van der Waals surface area contributed by atoms with E-state index in [1.165, 1.54) is 0 Å². The molecular weight excluding hydrogens is 260 g/mol. The molecule has 20 heavy (non-hydrogen) atoms. The summed E-state index contributed by atoms with van der Waals surface area (Å²) in [6.07, 6.45) is 0.348. The number of fused-ring (bicyclic) bond motifs is 1. The first-order valence-corrected chi connectivity index (χ1v) is 6.17. The van der Waals surface area contributed by atoms with Crippen molar-refractivity contribution in [2.24, 2.45) is 0 Å². The van der Waals surface area contributed by atoms with Crippen molar-refractivity contribution in [1.29, 1.82) is 0 Å². The Kier molecular flexibility index (Phi) is 2.94. The average Bonchev–Trinajstić information content (AvgIpc) is 2.84. The van der Waals surface area contributed by atoms with E-state index in [1.807, 2.05) is 12.1 Å². The van der Waals surface area contributed by atoms with Crippen LogP contribution in [0.1, 0.15) is 17.0 Å². The van der Waals surface area contributed by atoms with Crippen LogP contribution in [-0.2, 0) is 4.79 Å². The molecule has 0 aliphatic carbocycles. The van der Waals surface area contributed by atoms with Crippen LogP contribution in [0.15, 0.2) is 24.3 Å². The molecule has 1 atom stereocenters. The zero-order valence-electron chi connectivity index (χ0n) is 10.5. The molecule has 1 aliphatic heterocycles. The molecule has 1 saturated heterocycles. The number of aromatic carboxylic acids is 1. The SMILES string of the molecule is O=C1CC(Nc2nc(C(=O)O)nc3ccccc23)CN1. The summed E-state index contributed by atoms with van der Waals surface area (Å²) in [6, 6.07) is 7.06. The van der Waals surface area contributed by atoms with Crippen molar-refractivity contribution in [1.82, 2.24) is 15.3 Å². The van der Waals surface area contributed by atoms with Crippen LogP contribution < -0.4 is 10.6 Å². The minimum absolute atomic E-state index is 0.0284. The molecule has 0 saturated carbocycles. The van der Waals surface area contributed by atoms with E-state index >= 15 is 0 Å². The monoisotopic (exact) mass is 272 g/mol. The zero-order chi connectivity index (χ0) is 14.1. The van der Waals surface area contributed by atoms with Gasteiger partial charge in [-0.1, -0.05) is 12.1 Å². The third-order valence-corrected chi connectivity index (χ3v) is 3.11. The summed E-state index contributed by atoms with van der Waals surface area (Å²) in [5.41, 5.74) is 0.555. The number of nitrogens with one attached hydrogen (secondary N) is 2. The number of rotatable bonds is 3. The Labute approximate surface area is 114 Å². The lowest BCUT2D eigenvalue weighted by Crippen LogP contribution is -2.23. The van der Waals surface area contributed by atoms with E-state index in [2.05, 4.69) is 20.6 Å². The first-order chi connectivity index (χ1) is 9.63. The van der Waals surface area contributed by atoms with E-state index in [0.29, 0.717) is 24.3 Å². The Morgan fingerprint density at radius 1 is 1.35 bits per heavy atom. The summed E-state index contributed by atoms with van der Waals surface area (Å²) < 4.78 is 0. The van der Waals surface area contributed by atoms with Gasteiger partial charge in [0.05, 0.1) is 11.6 Å². The average molecular weight is 272 g/mol. The smallest absolute Gasteiger partial charge is 0.374 e. The molecule has 1 amide bonds. The summed E-state index contributed by atoms with van der Waals surface area (Å²) in [5.74, 6) is -1.03. The van der Waals surface area contributed by atoms with E-state index in [0.717, 1.165) is 5.39 Å². The van der Waals surface area contributed by atoms with Gasteiger partial charge in [-0.05, 0) is 12.1 Å². The summed E-state index contributed by atoms with van der Waals surface area (Å²) in [7, 11) is 0. The van der Waals surface area contributed by atoms with Gasteiger partial charge in [-0.25, -0.2) is 14.8 Å². The van der Waals surface area contributed by atoms with E-state index < -0.39 is 5.97 Å². The van der Waals surface area contributed by atoms with Gasteiger partial charge in [0.2, 0.25) is 11.7 Å². The van der Waals surface area contributed by atoms with Gasteiger partial charge in [-0.2, -0.15) is 0 Å². The van der Waals surface area contributed by atoms with Gasteiger partial charge in [-0.15, -0.1) is 0 Å². The lowest BCUT2D eigenvalue weighted by atomic mass is 10.2. The molecule has 1 aliphatic rings. The normalized spacial score (nSPS) is 18.0. The Balaban J connectivity index is 2.03. The van der Waals surface area contributed by atoms with Crippen LogP contribution in [0.4, 0.5) is 5.82 Å². The van der Waals surface area contributed by atoms with Crippen molar-refractivity contribution in [3.63, 3.8) is 0 Å². The topological polar surface area (TPSA) is 104 Å². The predicted molar refractivity (Wildman–Crippen MR) is 71.5 cm³/mol. The number of para-hydroxylation sites is 1. The maximum Gasteiger partial charge on any atom is 0.374 e. The van der Waals surface area contributed by atoms with Crippen LogP contribution in [0.2, 0.25) is 0 Å². The number of carboxylic acid groups (broad SMARTS) is 1. The fourth-order valence-electron chi connectivity index (χ4n) is 2.18. The number of hydrogen-bond acceptors (Lipinski definition) is 5. The molecule has 7 nitrogen and oxygen atoms in total. The number of benzene rings is 1. The molecule has 3 N–H and O–H groups in total. The van der Waals surface area contributed by atoms with E-state index in [9.17, 15) is 9.59 Å². The van der Waals surface area contributed by atoms with Crippen molar-refractivity contribution in [3.8, 4) is 0 Å². The van der Waals surface area contributed by atoms with Crippen LogP contribution in [0.3, 0.4) is 0 Å². The molecule has 3 rings (SSSR count). The van der Waals surface area contributed by atoms with Gasteiger partial charge >= 0.3 is 5.97 Å². The largest absolute Gasteiger partial charge is 0.475 e. The summed E-state index contributed by atoms with van der Waals surface area (Å²) in [4.78, 5) is 30.3. The fourth-order valence-corrected chi connectivity index (χ4v) is 2.18. The number of carbonyl (C=O) groups is 2. The maximum atomic E-state index is 11.2. The summed E-state index contributed by atoms with van der Waals surface area (Å²) in [6.45, 7) is 0.500. The molecule has 1 aromatic heterocycles. The number of aromatic nitrogens is 2. The summed E-state index contributed by atoms with van der Waals surface area (Å²) >= 11 is 0. The maximum absolute atomic E-state index is 11.2. The third-order valence-electron chi connectivity index (χ3n) is 3.11. The lowest BCUT2D eigenvalue weighted by molar-refractivity contribution is -0.119. The number of carbonyl (C=O) groups excluding carboxylic acids is 1. The van der Waals surface area contributed by atoms with Gasteiger partial charge in [-0.3, -0.25) is 4.79 Å². The zero-order valence-corrected chi connectivity index (χ0v) is 10.5.